The molecule has 2 rings (SSSR count). The van der Waals surface area contributed by atoms with E-state index in [4.69, 9.17) is 4.74 Å². The van der Waals surface area contributed by atoms with E-state index in [-0.39, 0.29) is 0 Å². The molecule has 2 saturated carbocycles. The van der Waals surface area contributed by atoms with Crippen molar-refractivity contribution in [2.24, 2.45) is 10.4 Å². The predicted molar refractivity (Wildman–Crippen MR) is 111 cm³/mol. The second-order valence-electron chi connectivity index (χ2n) is 8.43. The molecular formula is C21H42N4O. The summed E-state index contributed by atoms with van der Waals surface area (Å²) in [5.41, 5.74) is 0.398. The largest absolute Gasteiger partial charge is 0.385 e. The third kappa shape index (κ3) is 7.07. The Morgan fingerprint density at radius 2 is 1.85 bits per heavy atom. The molecule has 5 heteroatoms. The van der Waals surface area contributed by atoms with Gasteiger partial charge in [0, 0.05) is 39.9 Å². The van der Waals surface area contributed by atoms with Crippen molar-refractivity contribution in [1.82, 2.24) is 15.5 Å². The van der Waals surface area contributed by atoms with Crippen molar-refractivity contribution in [3.8, 4) is 0 Å². The highest BCUT2D eigenvalue weighted by Crippen LogP contribution is 2.40. The minimum atomic E-state index is 0.398. The van der Waals surface area contributed by atoms with E-state index in [9.17, 15) is 0 Å². The summed E-state index contributed by atoms with van der Waals surface area (Å²) in [6.45, 7) is 4.04. The number of ether oxygens (including phenoxy) is 1. The lowest BCUT2D eigenvalue weighted by Gasteiger charge is -2.31. The first-order chi connectivity index (χ1) is 12.7. The van der Waals surface area contributed by atoms with E-state index in [0.29, 0.717) is 5.41 Å². The highest BCUT2D eigenvalue weighted by atomic mass is 16.5. The van der Waals surface area contributed by atoms with Gasteiger partial charge in [-0.05, 0) is 57.5 Å². The molecule has 0 spiro atoms. The first kappa shape index (κ1) is 21.5. The number of nitrogens with zero attached hydrogens (tertiary/aromatic N) is 2. The molecule has 0 bridgehead atoms. The third-order valence-electron chi connectivity index (χ3n) is 6.53. The van der Waals surface area contributed by atoms with Gasteiger partial charge in [0.15, 0.2) is 5.96 Å². The molecule has 0 aromatic heterocycles. The molecule has 0 amide bonds. The van der Waals surface area contributed by atoms with Crippen molar-refractivity contribution < 1.29 is 4.74 Å². The van der Waals surface area contributed by atoms with Crippen molar-refractivity contribution >= 4 is 5.96 Å². The summed E-state index contributed by atoms with van der Waals surface area (Å²) in [6.07, 6.45) is 14.7. The fraction of sp³-hybridized carbons (Fsp3) is 0.952. The number of aliphatic imine (C=N–C) groups is 1. The fourth-order valence-electron chi connectivity index (χ4n) is 4.69. The molecule has 2 aliphatic carbocycles. The molecular weight excluding hydrogens is 324 g/mol. The Labute approximate surface area is 161 Å². The SMILES string of the molecule is CN=C(NCCCN(C)C1CCCCC1)NCC1(CCOC)CCCC1. The van der Waals surface area contributed by atoms with E-state index in [1.165, 1.54) is 70.8 Å². The Bertz CT molecular complexity index is 401. The first-order valence-corrected chi connectivity index (χ1v) is 10.8. The minimum absolute atomic E-state index is 0.398. The Morgan fingerprint density at radius 3 is 2.50 bits per heavy atom. The summed E-state index contributed by atoms with van der Waals surface area (Å²) < 4.78 is 5.34. The van der Waals surface area contributed by atoms with Crippen molar-refractivity contribution in [1.29, 1.82) is 0 Å². The zero-order valence-electron chi connectivity index (χ0n) is 17.5. The molecule has 5 nitrogen and oxygen atoms in total. The van der Waals surface area contributed by atoms with Gasteiger partial charge in [-0.25, -0.2) is 0 Å². The van der Waals surface area contributed by atoms with Gasteiger partial charge in [-0.1, -0.05) is 32.1 Å². The molecule has 26 heavy (non-hydrogen) atoms. The molecule has 0 unspecified atom stereocenters. The lowest BCUT2D eigenvalue weighted by molar-refractivity contribution is 0.138. The lowest BCUT2D eigenvalue weighted by atomic mass is 9.83. The molecule has 0 radical (unpaired) electrons. The predicted octanol–water partition coefficient (Wildman–Crippen LogP) is 3.40. The average molecular weight is 367 g/mol. The van der Waals surface area contributed by atoms with E-state index in [1.807, 2.05) is 7.05 Å². The molecule has 152 valence electrons. The van der Waals surface area contributed by atoms with Crippen LogP contribution in [0.2, 0.25) is 0 Å². The molecule has 0 atom stereocenters. The number of nitrogens with one attached hydrogen (secondary N) is 2. The molecule has 2 N–H and O–H groups in total. The number of guanidine groups is 1. The van der Waals surface area contributed by atoms with Crippen molar-refractivity contribution in [2.45, 2.75) is 76.7 Å². The third-order valence-corrected chi connectivity index (χ3v) is 6.53. The van der Waals surface area contributed by atoms with Crippen molar-refractivity contribution in [2.75, 3.05) is 47.4 Å². The van der Waals surface area contributed by atoms with Gasteiger partial charge in [0.1, 0.15) is 0 Å². The zero-order valence-corrected chi connectivity index (χ0v) is 17.5. The number of hydrogen-bond acceptors (Lipinski definition) is 3. The summed E-state index contributed by atoms with van der Waals surface area (Å²) in [4.78, 5) is 6.98. The normalized spacial score (nSPS) is 21.3. The van der Waals surface area contributed by atoms with Gasteiger partial charge in [-0.15, -0.1) is 0 Å². The van der Waals surface area contributed by atoms with Crippen LogP contribution in [0, 0.1) is 5.41 Å². The lowest BCUT2D eigenvalue weighted by Crippen LogP contribution is -2.44. The smallest absolute Gasteiger partial charge is 0.190 e. The van der Waals surface area contributed by atoms with Crippen LogP contribution >= 0.6 is 0 Å². The van der Waals surface area contributed by atoms with Crippen LogP contribution in [0.1, 0.15) is 70.6 Å². The van der Waals surface area contributed by atoms with Gasteiger partial charge in [-0.3, -0.25) is 4.99 Å². The van der Waals surface area contributed by atoms with E-state index in [1.54, 1.807) is 7.11 Å². The van der Waals surface area contributed by atoms with Crippen LogP contribution in [0.4, 0.5) is 0 Å². The van der Waals surface area contributed by atoms with Crippen LogP contribution in [0.25, 0.3) is 0 Å². The van der Waals surface area contributed by atoms with Gasteiger partial charge < -0.3 is 20.3 Å². The van der Waals surface area contributed by atoms with E-state index < -0.39 is 0 Å². The maximum Gasteiger partial charge on any atom is 0.190 e. The van der Waals surface area contributed by atoms with Crippen molar-refractivity contribution in [3.63, 3.8) is 0 Å². The summed E-state index contributed by atoms with van der Waals surface area (Å²) in [6, 6.07) is 0.809. The van der Waals surface area contributed by atoms with Crippen molar-refractivity contribution in [3.05, 3.63) is 0 Å². The van der Waals surface area contributed by atoms with Gasteiger partial charge >= 0.3 is 0 Å². The quantitative estimate of drug-likeness (QED) is 0.353. The molecule has 0 aliphatic heterocycles. The summed E-state index contributed by atoms with van der Waals surface area (Å²) >= 11 is 0. The minimum Gasteiger partial charge on any atom is -0.385 e. The molecule has 0 saturated heterocycles. The Morgan fingerprint density at radius 1 is 1.12 bits per heavy atom. The number of methoxy groups -OCH3 is 1. The Balaban J connectivity index is 1.64. The average Bonchev–Trinajstić information content (AvgIpc) is 3.15. The number of hydrogen-bond donors (Lipinski definition) is 2. The second kappa shape index (κ2) is 11.8. The van der Waals surface area contributed by atoms with E-state index in [2.05, 4.69) is 27.6 Å². The standard InChI is InChI=1S/C21H42N4O/c1-22-20(24-18-21(14-17-26-3)12-7-8-13-21)23-15-9-16-25(2)19-10-5-4-6-11-19/h19H,4-18H2,1-3H3,(H2,22,23,24). The maximum atomic E-state index is 5.34. The first-order valence-electron chi connectivity index (χ1n) is 10.8. The second-order valence-corrected chi connectivity index (χ2v) is 8.43. The zero-order chi connectivity index (χ0) is 18.7. The van der Waals surface area contributed by atoms with Crippen LogP contribution in [0.3, 0.4) is 0 Å². The summed E-state index contributed by atoms with van der Waals surface area (Å²) in [5, 5.41) is 7.09. The Kier molecular flexibility index (Phi) is 9.76. The van der Waals surface area contributed by atoms with Gasteiger partial charge in [-0.2, -0.15) is 0 Å². The van der Waals surface area contributed by atoms with Crippen LogP contribution in [-0.4, -0.2) is 64.3 Å². The van der Waals surface area contributed by atoms with Crippen LogP contribution < -0.4 is 10.6 Å². The fourth-order valence-corrected chi connectivity index (χ4v) is 4.69. The van der Waals surface area contributed by atoms with Crippen LogP contribution in [-0.2, 0) is 4.74 Å². The van der Waals surface area contributed by atoms with Gasteiger partial charge in [0.05, 0.1) is 0 Å². The monoisotopic (exact) mass is 366 g/mol. The molecule has 0 aromatic carbocycles. The summed E-state index contributed by atoms with van der Waals surface area (Å²) in [5.74, 6) is 0.953. The Hall–Kier alpha value is -0.810. The van der Waals surface area contributed by atoms with Crippen LogP contribution in [0.5, 0.6) is 0 Å². The van der Waals surface area contributed by atoms with Gasteiger partial charge in [0.25, 0.3) is 0 Å². The summed E-state index contributed by atoms with van der Waals surface area (Å²) in [7, 11) is 5.98. The van der Waals surface area contributed by atoms with Gasteiger partial charge in [0.2, 0.25) is 0 Å². The number of rotatable bonds is 10. The maximum absolute atomic E-state index is 5.34. The van der Waals surface area contributed by atoms with E-state index >= 15 is 0 Å². The topological polar surface area (TPSA) is 48.9 Å². The highest BCUT2D eigenvalue weighted by Gasteiger charge is 2.33. The highest BCUT2D eigenvalue weighted by molar-refractivity contribution is 5.79. The molecule has 2 aliphatic rings. The molecule has 0 heterocycles. The molecule has 2 fully saturated rings. The van der Waals surface area contributed by atoms with E-state index in [0.717, 1.165) is 38.1 Å². The van der Waals surface area contributed by atoms with Crippen LogP contribution in [0.15, 0.2) is 4.99 Å². The molecule has 0 aromatic rings.